The Morgan fingerprint density at radius 1 is 1.10 bits per heavy atom. The summed E-state index contributed by atoms with van der Waals surface area (Å²) in [4.78, 5) is 20.0. The Morgan fingerprint density at radius 3 is 1.71 bits per heavy atom. The van der Waals surface area contributed by atoms with Crippen LogP contribution in [0.25, 0.3) is 0 Å². The molecule has 0 radical (unpaired) electrons. The molecule has 0 saturated heterocycles. The molecule has 6 heteroatoms. The molecule has 3 N–H and O–H groups in total. The summed E-state index contributed by atoms with van der Waals surface area (Å²) in [5.41, 5.74) is 6.16. The van der Waals surface area contributed by atoms with Crippen LogP contribution in [-0.4, -0.2) is 28.1 Å². The highest BCUT2D eigenvalue weighted by molar-refractivity contribution is 5.89. The third kappa shape index (κ3) is 3.77. The summed E-state index contributed by atoms with van der Waals surface area (Å²) in [6.07, 6.45) is -1.16. The molecule has 1 unspecified atom stereocenters. The fraction of sp³-hybridized carbons (Fsp3) is 0.667. The van der Waals surface area contributed by atoms with Gasteiger partial charge in [0.2, 0.25) is 5.82 Å². The second-order valence-electron chi connectivity index (χ2n) is 7.11. The number of ether oxygens (including phenoxy) is 1. The topological polar surface area (TPSA) is 98.3 Å². The maximum atomic E-state index is 11.5. The maximum Gasteiger partial charge on any atom is 0.286 e. The van der Waals surface area contributed by atoms with E-state index in [0.717, 1.165) is 0 Å². The molecule has 0 aliphatic rings. The second-order valence-corrected chi connectivity index (χ2v) is 7.11. The molecule has 1 heterocycles. The number of aromatic nitrogens is 2. The first-order chi connectivity index (χ1) is 9.39. The molecule has 0 spiro atoms. The summed E-state index contributed by atoms with van der Waals surface area (Å²) in [5.74, 6) is -0.735. The first-order valence-corrected chi connectivity index (χ1v) is 6.83. The van der Waals surface area contributed by atoms with Crippen molar-refractivity contribution in [3.63, 3.8) is 0 Å². The fourth-order valence-corrected chi connectivity index (χ4v) is 2.07. The second kappa shape index (κ2) is 5.69. The van der Waals surface area contributed by atoms with E-state index in [9.17, 15) is 9.90 Å². The highest BCUT2D eigenvalue weighted by Gasteiger charge is 2.33. The predicted molar refractivity (Wildman–Crippen MR) is 79.9 cm³/mol. The number of nitrogens with two attached hydrogens (primary N) is 1. The largest absolute Gasteiger partial charge is 0.364 e. The minimum atomic E-state index is -1.16. The van der Waals surface area contributed by atoms with Crippen molar-refractivity contribution in [1.82, 2.24) is 9.97 Å². The van der Waals surface area contributed by atoms with Gasteiger partial charge in [0, 0.05) is 17.9 Å². The molecular formula is C15H25N3O3. The fourth-order valence-electron chi connectivity index (χ4n) is 2.07. The van der Waals surface area contributed by atoms with Gasteiger partial charge in [-0.1, -0.05) is 41.5 Å². The van der Waals surface area contributed by atoms with Gasteiger partial charge in [0.25, 0.3) is 5.91 Å². The molecule has 1 rings (SSSR count). The summed E-state index contributed by atoms with van der Waals surface area (Å²) in [7, 11) is 1.41. The lowest BCUT2D eigenvalue weighted by atomic mass is 9.81. The van der Waals surface area contributed by atoms with Gasteiger partial charge >= 0.3 is 0 Å². The van der Waals surface area contributed by atoms with Crippen LogP contribution in [0, 0.1) is 0 Å². The quantitative estimate of drug-likeness (QED) is 0.829. The molecule has 1 aromatic rings. The van der Waals surface area contributed by atoms with Crippen LogP contribution in [0.15, 0.2) is 0 Å². The SMILES string of the molecule is COC(O)c1c(C(C)(C)C)nc(C(N)=O)nc1C(C)(C)C. The van der Waals surface area contributed by atoms with Gasteiger partial charge in [0.15, 0.2) is 6.29 Å². The molecule has 0 fully saturated rings. The summed E-state index contributed by atoms with van der Waals surface area (Å²) in [6.45, 7) is 11.7. The van der Waals surface area contributed by atoms with Crippen molar-refractivity contribution in [2.45, 2.75) is 58.7 Å². The Balaban J connectivity index is 3.82. The van der Waals surface area contributed by atoms with Crippen LogP contribution < -0.4 is 5.73 Å². The number of carbonyl (C=O) groups excluding carboxylic acids is 1. The van der Waals surface area contributed by atoms with Gasteiger partial charge in [-0.2, -0.15) is 0 Å². The first kappa shape index (κ1) is 17.5. The molecule has 0 aliphatic heterocycles. The molecule has 0 aliphatic carbocycles. The number of aliphatic hydroxyl groups excluding tert-OH is 1. The molecule has 118 valence electrons. The molecular weight excluding hydrogens is 270 g/mol. The number of primary amides is 1. The smallest absolute Gasteiger partial charge is 0.286 e. The van der Waals surface area contributed by atoms with Gasteiger partial charge in [0.1, 0.15) is 0 Å². The summed E-state index contributed by atoms with van der Waals surface area (Å²) in [5, 5.41) is 10.2. The molecule has 21 heavy (non-hydrogen) atoms. The monoisotopic (exact) mass is 295 g/mol. The van der Waals surface area contributed by atoms with Gasteiger partial charge < -0.3 is 15.6 Å². The van der Waals surface area contributed by atoms with Crippen LogP contribution in [0.3, 0.4) is 0 Å². The van der Waals surface area contributed by atoms with Crippen molar-refractivity contribution in [3.8, 4) is 0 Å². The number of methoxy groups -OCH3 is 1. The van der Waals surface area contributed by atoms with E-state index in [1.807, 2.05) is 41.5 Å². The van der Waals surface area contributed by atoms with E-state index in [1.54, 1.807) is 0 Å². The van der Waals surface area contributed by atoms with Crippen molar-refractivity contribution in [2.75, 3.05) is 7.11 Å². The lowest BCUT2D eigenvalue weighted by Crippen LogP contribution is -2.30. The number of nitrogens with zero attached hydrogens (tertiary/aromatic N) is 2. The number of amides is 1. The van der Waals surface area contributed by atoms with E-state index in [4.69, 9.17) is 10.5 Å². The summed E-state index contributed by atoms with van der Waals surface area (Å²) in [6, 6.07) is 0. The minimum Gasteiger partial charge on any atom is -0.364 e. The highest BCUT2D eigenvalue weighted by atomic mass is 16.6. The highest BCUT2D eigenvalue weighted by Crippen LogP contribution is 2.35. The number of rotatable bonds is 3. The first-order valence-electron chi connectivity index (χ1n) is 6.83. The van der Waals surface area contributed by atoms with Crippen molar-refractivity contribution in [3.05, 3.63) is 22.8 Å². The van der Waals surface area contributed by atoms with E-state index in [-0.39, 0.29) is 5.82 Å². The average Bonchev–Trinajstić information content (AvgIpc) is 2.33. The predicted octanol–water partition coefficient (Wildman–Crippen LogP) is 1.81. The van der Waals surface area contributed by atoms with Gasteiger partial charge in [-0.3, -0.25) is 4.79 Å². The number of carbonyl (C=O) groups is 1. The number of aliphatic hydroxyl groups is 1. The standard InChI is InChI=1S/C15H25N3O3/c1-14(2,3)9-8(13(20)21-7)10(15(4,5)6)18-12(17-9)11(16)19/h13,20H,1-7H3,(H2,16,19). The molecule has 0 bridgehead atoms. The van der Waals surface area contributed by atoms with Crippen molar-refractivity contribution < 1.29 is 14.6 Å². The molecule has 0 saturated carbocycles. The Morgan fingerprint density at radius 2 is 1.48 bits per heavy atom. The molecule has 1 atom stereocenters. The maximum absolute atomic E-state index is 11.5. The number of hydrogen-bond donors (Lipinski definition) is 2. The summed E-state index contributed by atoms with van der Waals surface area (Å²) < 4.78 is 5.07. The third-order valence-electron chi connectivity index (χ3n) is 3.06. The van der Waals surface area contributed by atoms with Crippen molar-refractivity contribution >= 4 is 5.91 Å². The van der Waals surface area contributed by atoms with E-state index in [2.05, 4.69) is 9.97 Å². The third-order valence-corrected chi connectivity index (χ3v) is 3.06. The lowest BCUT2D eigenvalue weighted by Gasteiger charge is -2.30. The van der Waals surface area contributed by atoms with Gasteiger partial charge in [-0.25, -0.2) is 9.97 Å². The van der Waals surface area contributed by atoms with Gasteiger partial charge in [-0.15, -0.1) is 0 Å². The Hall–Kier alpha value is -1.53. The number of hydrogen-bond acceptors (Lipinski definition) is 5. The van der Waals surface area contributed by atoms with Crippen LogP contribution >= 0.6 is 0 Å². The molecule has 0 aromatic carbocycles. The zero-order chi connectivity index (χ0) is 16.6. The van der Waals surface area contributed by atoms with Gasteiger partial charge in [0.05, 0.1) is 17.0 Å². The van der Waals surface area contributed by atoms with E-state index in [1.165, 1.54) is 7.11 Å². The average molecular weight is 295 g/mol. The molecule has 1 aromatic heterocycles. The van der Waals surface area contributed by atoms with E-state index < -0.39 is 23.0 Å². The lowest BCUT2D eigenvalue weighted by molar-refractivity contribution is -0.0795. The van der Waals surface area contributed by atoms with Crippen LogP contribution in [0.5, 0.6) is 0 Å². The van der Waals surface area contributed by atoms with Crippen LogP contribution in [0.1, 0.15) is 75.4 Å². The Bertz CT molecular complexity index is 507. The van der Waals surface area contributed by atoms with E-state index in [0.29, 0.717) is 17.0 Å². The zero-order valence-corrected chi connectivity index (χ0v) is 13.8. The van der Waals surface area contributed by atoms with Crippen LogP contribution in [0.2, 0.25) is 0 Å². The van der Waals surface area contributed by atoms with Gasteiger partial charge in [-0.05, 0) is 0 Å². The Labute approximate surface area is 125 Å². The van der Waals surface area contributed by atoms with E-state index >= 15 is 0 Å². The zero-order valence-electron chi connectivity index (χ0n) is 13.8. The van der Waals surface area contributed by atoms with Crippen LogP contribution in [0.4, 0.5) is 0 Å². The molecule has 1 amide bonds. The summed E-state index contributed by atoms with van der Waals surface area (Å²) >= 11 is 0. The van der Waals surface area contributed by atoms with Crippen molar-refractivity contribution in [2.24, 2.45) is 5.73 Å². The van der Waals surface area contributed by atoms with Crippen LogP contribution in [-0.2, 0) is 15.6 Å². The normalized spacial score (nSPS) is 14.1. The van der Waals surface area contributed by atoms with Crippen molar-refractivity contribution in [1.29, 1.82) is 0 Å². The Kier molecular flexibility index (Phi) is 4.75. The molecule has 6 nitrogen and oxygen atoms in total. The minimum absolute atomic E-state index is 0.0445.